The summed E-state index contributed by atoms with van der Waals surface area (Å²) in [6.45, 7) is 7.06. The van der Waals surface area contributed by atoms with Crippen LogP contribution < -0.4 is 15.5 Å². The number of benzene rings is 3. The first kappa shape index (κ1) is 21.5. The average Bonchev–Trinajstić information content (AvgIpc) is 2.69. The molecule has 0 radical (unpaired) electrons. The zero-order valence-corrected chi connectivity index (χ0v) is 18.8. The third kappa shape index (κ3) is 4.51. The van der Waals surface area contributed by atoms with Gasteiger partial charge in [-0.15, -0.1) is 0 Å². The average molecular weight is 426 g/mol. The van der Waals surface area contributed by atoms with Crippen LogP contribution in [0.1, 0.15) is 26.3 Å². The van der Waals surface area contributed by atoms with E-state index in [-0.39, 0.29) is 9.93 Å². The zero-order chi connectivity index (χ0) is 21.1. The van der Waals surface area contributed by atoms with Crippen LogP contribution in [-0.2, 0) is 21.1 Å². The third-order valence-corrected chi connectivity index (χ3v) is 11.0. The first-order chi connectivity index (χ1) is 13.6. The minimum absolute atomic E-state index is 0.103. The summed E-state index contributed by atoms with van der Waals surface area (Å²) in [4.78, 5) is 0.103. The molecule has 0 aliphatic heterocycles. The van der Waals surface area contributed by atoms with Gasteiger partial charge in [0.25, 0.3) is 8.32 Å². The lowest BCUT2D eigenvalue weighted by Crippen LogP contribution is -2.66. The lowest BCUT2D eigenvalue weighted by molar-refractivity contribution is 0.286. The Bertz CT molecular complexity index is 1010. The second-order valence-electron chi connectivity index (χ2n) is 8.14. The summed E-state index contributed by atoms with van der Waals surface area (Å²) in [6, 6.07) is 27.4. The van der Waals surface area contributed by atoms with Gasteiger partial charge >= 0.3 is 0 Å². The number of rotatable bonds is 6. The third-order valence-electron chi connectivity index (χ3n) is 5.12. The number of sulfonamides is 1. The second kappa shape index (κ2) is 8.24. The molecule has 0 fully saturated rings. The Kier molecular flexibility index (Phi) is 6.10. The van der Waals surface area contributed by atoms with Crippen molar-refractivity contribution in [1.82, 2.24) is 0 Å². The normalized spacial score (nSPS) is 12.7. The van der Waals surface area contributed by atoms with Gasteiger partial charge in [0.05, 0.1) is 11.5 Å². The number of hydrogen-bond donors (Lipinski definition) is 1. The van der Waals surface area contributed by atoms with Gasteiger partial charge in [-0.25, -0.2) is 13.6 Å². The van der Waals surface area contributed by atoms with E-state index in [0.29, 0.717) is 6.61 Å². The molecule has 4 nitrogen and oxygen atoms in total. The molecule has 3 rings (SSSR count). The van der Waals surface area contributed by atoms with Crippen molar-refractivity contribution < 1.29 is 12.8 Å². The Morgan fingerprint density at radius 2 is 1.24 bits per heavy atom. The molecule has 29 heavy (non-hydrogen) atoms. The molecular formula is C23H27NO3SSi. The van der Waals surface area contributed by atoms with E-state index in [2.05, 4.69) is 69.3 Å². The predicted molar refractivity (Wildman–Crippen MR) is 120 cm³/mol. The predicted octanol–water partition coefficient (Wildman–Crippen LogP) is 3.41. The van der Waals surface area contributed by atoms with Gasteiger partial charge in [0, 0.05) is 0 Å². The van der Waals surface area contributed by atoms with E-state index in [1.807, 2.05) is 12.1 Å². The minimum Gasteiger partial charge on any atom is -0.403 e. The van der Waals surface area contributed by atoms with Crippen molar-refractivity contribution in [3.63, 3.8) is 0 Å². The van der Waals surface area contributed by atoms with E-state index in [4.69, 9.17) is 9.56 Å². The number of primary sulfonamides is 1. The molecule has 0 saturated heterocycles. The maximum absolute atomic E-state index is 11.5. The quantitative estimate of drug-likeness (QED) is 0.615. The summed E-state index contributed by atoms with van der Waals surface area (Å²) in [7, 11) is -6.33. The van der Waals surface area contributed by atoms with Crippen LogP contribution in [0.2, 0.25) is 5.04 Å². The van der Waals surface area contributed by atoms with Crippen molar-refractivity contribution in [2.45, 2.75) is 37.3 Å². The van der Waals surface area contributed by atoms with Gasteiger partial charge < -0.3 is 4.43 Å². The van der Waals surface area contributed by atoms with E-state index >= 15 is 0 Å². The summed E-state index contributed by atoms with van der Waals surface area (Å²) in [5.41, 5.74) is 0.908. The van der Waals surface area contributed by atoms with Crippen LogP contribution >= 0.6 is 0 Å². The summed E-state index contributed by atoms with van der Waals surface area (Å²) in [5, 5.41) is 7.51. The topological polar surface area (TPSA) is 69.4 Å². The second-order valence-corrected chi connectivity index (χ2v) is 14.0. The smallest absolute Gasteiger partial charge is 0.261 e. The van der Waals surface area contributed by atoms with E-state index in [0.717, 1.165) is 5.56 Å². The van der Waals surface area contributed by atoms with E-state index < -0.39 is 18.3 Å². The molecule has 0 bridgehead atoms. The molecule has 0 amide bonds. The van der Waals surface area contributed by atoms with Gasteiger partial charge in [0.2, 0.25) is 10.0 Å². The van der Waals surface area contributed by atoms with Crippen molar-refractivity contribution in [3.8, 4) is 0 Å². The summed E-state index contributed by atoms with van der Waals surface area (Å²) in [5.74, 6) is 0. The molecule has 152 valence electrons. The van der Waals surface area contributed by atoms with Crippen LogP contribution in [0.4, 0.5) is 0 Å². The van der Waals surface area contributed by atoms with Gasteiger partial charge in [-0.1, -0.05) is 93.6 Å². The molecule has 0 atom stereocenters. The fourth-order valence-electron chi connectivity index (χ4n) is 3.73. The summed E-state index contributed by atoms with van der Waals surface area (Å²) >= 11 is 0. The molecule has 0 spiro atoms. The van der Waals surface area contributed by atoms with E-state index in [1.165, 1.54) is 22.5 Å². The first-order valence-electron chi connectivity index (χ1n) is 9.51. The van der Waals surface area contributed by atoms with E-state index in [1.54, 1.807) is 12.1 Å². The number of nitrogens with two attached hydrogens (primary N) is 1. The Balaban J connectivity index is 2.04. The molecule has 3 aromatic carbocycles. The van der Waals surface area contributed by atoms with Crippen LogP contribution in [0.15, 0.2) is 89.8 Å². The maximum Gasteiger partial charge on any atom is 0.261 e. The molecule has 3 aromatic rings. The molecule has 0 aromatic heterocycles. The van der Waals surface area contributed by atoms with Crippen molar-refractivity contribution in [1.29, 1.82) is 0 Å². The van der Waals surface area contributed by atoms with Gasteiger partial charge in [0.1, 0.15) is 0 Å². The van der Waals surface area contributed by atoms with Crippen molar-refractivity contribution in [3.05, 3.63) is 90.5 Å². The first-order valence-corrected chi connectivity index (χ1v) is 13.0. The highest BCUT2D eigenvalue weighted by Crippen LogP contribution is 2.37. The summed E-state index contributed by atoms with van der Waals surface area (Å²) in [6.07, 6.45) is 0. The molecule has 0 heterocycles. The monoisotopic (exact) mass is 425 g/mol. The van der Waals surface area contributed by atoms with Gasteiger partial charge in [-0.2, -0.15) is 0 Å². The molecule has 6 heteroatoms. The molecule has 2 N–H and O–H groups in total. The minimum atomic E-state index is -3.70. The van der Waals surface area contributed by atoms with Crippen molar-refractivity contribution in [2.75, 3.05) is 0 Å². The van der Waals surface area contributed by atoms with Gasteiger partial charge in [0.15, 0.2) is 0 Å². The fraction of sp³-hybridized carbons (Fsp3) is 0.217. The highest BCUT2D eigenvalue weighted by molar-refractivity contribution is 7.89. The SMILES string of the molecule is CC(C)(C)[Si](OCc1ccc(S(N)(=O)=O)cc1)(c1ccccc1)c1ccccc1. The molecule has 0 aliphatic rings. The number of hydrogen-bond acceptors (Lipinski definition) is 3. The fourth-order valence-corrected chi connectivity index (χ4v) is 8.78. The Labute approximate surface area is 174 Å². The standard InChI is InChI=1S/C23H27NO3SSi/c1-23(2,3)29(21-10-6-4-7-11-21,22-12-8-5-9-13-22)27-18-19-14-16-20(17-15-19)28(24,25)26/h4-17H,18H2,1-3H3,(H2,24,25,26). The molecule has 0 saturated carbocycles. The van der Waals surface area contributed by atoms with E-state index in [9.17, 15) is 8.42 Å². The zero-order valence-electron chi connectivity index (χ0n) is 17.0. The van der Waals surface area contributed by atoms with Crippen molar-refractivity contribution >= 4 is 28.7 Å². The molecule has 0 unspecified atom stereocenters. The van der Waals surface area contributed by atoms with Crippen LogP contribution in [-0.4, -0.2) is 16.7 Å². The molecular weight excluding hydrogens is 398 g/mol. The van der Waals surface area contributed by atoms with Crippen molar-refractivity contribution in [2.24, 2.45) is 5.14 Å². The highest BCUT2D eigenvalue weighted by atomic mass is 32.2. The van der Waals surface area contributed by atoms with Crippen LogP contribution in [0.25, 0.3) is 0 Å². The largest absolute Gasteiger partial charge is 0.403 e. The van der Waals surface area contributed by atoms with Gasteiger partial charge in [-0.05, 0) is 33.1 Å². The Hall–Kier alpha value is -2.25. The molecule has 0 aliphatic carbocycles. The van der Waals surface area contributed by atoms with Gasteiger partial charge in [-0.3, -0.25) is 0 Å². The Morgan fingerprint density at radius 1 is 0.793 bits per heavy atom. The van der Waals surface area contributed by atoms with Crippen LogP contribution in [0.5, 0.6) is 0 Å². The highest BCUT2D eigenvalue weighted by Gasteiger charge is 2.50. The summed E-state index contributed by atoms with van der Waals surface area (Å²) < 4.78 is 29.9. The Morgan fingerprint density at radius 3 is 1.62 bits per heavy atom. The lowest BCUT2D eigenvalue weighted by atomic mass is 10.2. The maximum atomic E-state index is 11.5. The lowest BCUT2D eigenvalue weighted by Gasteiger charge is -2.43. The van der Waals surface area contributed by atoms with Crippen LogP contribution in [0, 0.1) is 0 Å². The van der Waals surface area contributed by atoms with Crippen LogP contribution in [0.3, 0.4) is 0 Å².